The number of imide groups is 1. The second-order valence-corrected chi connectivity index (χ2v) is 4.44. The van der Waals surface area contributed by atoms with E-state index in [9.17, 15) is 19.5 Å². The molecule has 6 heteroatoms. The smallest absolute Gasteiger partial charge is 0.261 e. The van der Waals surface area contributed by atoms with E-state index in [4.69, 9.17) is 0 Å². The van der Waals surface area contributed by atoms with Crippen molar-refractivity contribution in [3.8, 4) is 0 Å². The molecule has 3 amide bonds. The highest BCUT2D eigenvalue weighted by atomic mass is 16.3. The van der Waals surface area contributed by atoms with Crippen LogP contribution in [0.3, 0.4) is 0 Å². The Balaban J connectivity index is 2.26. The van der Waals surface area contributed by atoms with Crippen LogP contribution in [0.2, 0.25) is 0 Å². The van der Waals surface area contributed by atoms with E-state index in [2.05, 4.69) is 0 Å². The molecule has 0 aliphatic carbocycles. The summed E-state index contributed by atoms with van der Waals surface area (Å²) in [4.78, 5) is 37.6. The SMILES string of the molecule is CN1C(=O)c2cc3c(cc2C1=O)C(O)N(C)C3=O. The molecule has 0 saturated carbocycles. The van der Waals surface area contributed by atoms with Gasteiger partial charge in [0.1, 0.15) is 0 Å². The van der Waals surface area contributed by atoms with Crippen LogP contribution in [0.4, 0.5) is 0 Å². The number of carbonyl (C=O) groups is 3. The number of benzene rings is 1. The van der Waals surface area contributed by atoms with E-state index >= 15 is 0 Å². The normalized spacial score (nSPS) is 21.7. The highest BCUT2D eigenvalue weighted by Gasteiger charge is 2.39. The zero-order valence-electron chi connectivity index (χ0n) is 9.80. The van der Waals surface area contributed by atoms with Crippen LogP contribution in [0.15, 0.2) is 12.1 Å². The molecular formula is C12H10N2O4. The van der Waals surface area contributed by atoms with Crippen LogP contribution in [0.1, 0.15) is 42.9 Å². The molecule has 0 saturated heterocycles. The predicted octanol–water partition coefficient (Wildman–Crippen LogP) is -0.0111. The van der Waals surface area contributed by atoms with E-state index in [1.54, 1.807) is 0 Å². The molecule has 1 atom stereocenters. The van der Waals surface area contributed by atoms with Gasteiger partial charge in [-0.25, -0.2) is 0 Å². The van der Waals surface area contributed by atoms with Crippen molar-refractivity contribution in [1.82, 2.24) is 9.80 Å². The molecule has 18 heavy (non-hydrogen) atoms. The average Bonchev–Trinajstić information content (AvgIpc) is 2.71. The monoisotopic (exact) mass is 246 g/mol. The lowest BCUT2D eigenvalue weighted by atomic mass is 10.0. The summed E-state index contributed by atoms with van der Waals surface area (Å²) >= 11 is 0. The quantitative estimate of drug-likeness (QED) is 0.653. The Morgan fingerprint density at radius 2 is 1.50 bits per heavy atom. The van der Waals surface area contributed by atoms with Crippen molar-refractivity contribution in [3.63, 3.8) is 0 Å². The van der Waals surface area contributed by atoms with Crippen molar-refractivity contribution in [2.75, 3.05) is 14.1 Å². The van der Waals surface area contributed by atoms with E-state index in [0.717, 1.165) is 4.90 Å². The Morgan fingerprint density at radius 1 is 0.944 bits per heavy atom. The number of fused-ring (bicyclic) bond motifs is 2. The van der Waals surface area contributed by atoms with Crippen LogP contribution in [0.5, 0.6) is 0 Å². The van der Waals surface area contributed by atoms with Gasteiger partial charge in [-0.05, 0) is 12.1 Å². The van der Waals surface area contributed by atoms with Gasteiger partial charge < -0.3 is 10.0 Å². The molecule has 2 aliphatic heterocycles. The summed E-state index contributed by atoms with van der Waals surface area (Å²) in [7, 11) is 2.86. The molecule has 0 fully saturated rings. The largest absolute Gasteiger partial charge is 0.369 e. The van der Waals surface area contributed by atoms with Crippen molar-refractivity contribution in [1.29, 1.82) is 0 Å². The lowest BCUT2D eigenvalue weighted by Gasteiger charge is -2.13. The third-order valence-electron chi connectivity index (χ3n) is 3.46. The summed E-state index contributed by atoms with van der Waals surface area (Å²) in [5, 5.41) is 9.86. The molecule has 2 heterocycles. The van der Waals surface area contributed by atoms with Crippen molar-refractivity contribution < 1.29 is 19.5 Å². The zero-order valence-corrected chi connectivity index (χ0v) is 9.80. The number of hydrogen-bond donors (Lipinski definition) is 1. The lowest BCUT2D eigenvalue weighted by Crippen LogP contribution is -2.24. The van der Waals surface area contributed by atoms with Gasteiger partial charge in [0.2, 0.25) is 0 Å². The second-order valence-electron chi connectivity index (χ2n) is 4.44. The third kappa shape index (κ3) is 1.08. The minimum absolute atomic E-state index is 0.220. The standard InChI is InChI=1S/C12H10N2O4/c1-13-9(15)5-3-7-8(4-6(5)10(13)16)12(18)14(2)11(7)17/h3-4,9,15H,1-2H3. The van der Waals surface area contributed by atoms with E-state index in [1.165, 1.54) is 31.1 Å². The minimum atomic E-state index is -1.06. The van der Waals surface area contributed by atoms with Crippen LogP contribution in [0, 0.1) is 0 Å². The Labute approximate surface area is 102 Å². The summed E-state index contributed by atoms with van der Waals surface area (Å²) in [6, 6.07) is 2.82. The fourth-order valence-corrected chi connectivity index (χ4v) is 2.33. The highest BCUT2D eigenvalue weighted by molar-refractivity contribution is 6.22. The molecule has 3 rings (SSSR count). The summed E-state index contributed by atoms with van der Waals surface area (Å²) in [5.74, 6) is -1.18. The summed E-state index contributed by atoms with van der Waals surface area (Å²) in [6.07, 6.45) is -1.06. The summed E-state index contributed by atoms with van der Waals surface area (Å²) < 4.78 is 0. The fraction of sp³-hybridized carbons (Fsp3) is 0.250. The lowest BCUT2D eigenvalue weighted by molar-refractivity contribution is 0.0301. The second kappa shape index (κ2) is 3.17. The molecule has 2 aliphatic rings. The molecule has 1 unspecified atom stereocenters. The topological polar surface area (TPSA) is 77.9 Å². The van der Waals surface area contributed by atoms with Gasteiger partial charge in [-0.1, -0.05) is 0 Å². The molecule has 6 nitrogen and oxygen atoms in total. The van der Waals surface area contributed by atoms with Crippen LogP contribution in [-0.2, 0) is 0 Å². The number of carbonyl (C=O) groups excluding carboxylic acids is 3. The van der Waals surface area contributed by atoms with Gasteiger partial charge in [0.05, 0.1) is 11.1 Å². The molecule has 1 aromatic carbocycles. The first kappa shape index (κ1) is 10.9. The van der Waals surface area contributed by atoms with Crippen molar-refractivity contribution in [2.45, 2.75) is 6.23 Å². The minimum Gasteiger partial charge on any atom is -0.369 e. The summed E-state index contributed by atoms with van der Waals surface area (Å²) in [5.41, 5.74) is 1.11. The van der Waals surface area contributed by atoms with E-state index < -0.39 is 18.0 Å². The number of nitrogens with zero attached hydrogens (tertiary/aromatic N) is 2. The van der Waals surface area contributed by atoms with Gasteiger partial charge in [-0.15, -0.1) is 0 Å². The van der Waals surface area contributed by atoms with E-state index in [1.807, 2.05) is 0 Å². The van der Waals surface area contributed by atoms with Crippen molar-refractivity contribution in [2.24, 2.45) is 0 Å². The molecule has 92 valence electrons. The molecule has 0 spiro atoms. The number of hydrogen-bond acceptors (Lipinski definition) is 4. The molecule has 0 bridgehead atoms. The van der Waals surface area contributed by atoms with Gasteiger partial charge >= 0.3 is 0 Å². The van der Waals surface area contributed by atoms with Crippen LogP contribution in [0.25, 0.3) is 0 Å². The molecule has 1 N–H and O–H groups in total. The average molecular weight is 246 g/mol. The van der Waals surface area contributed by atoms with Gasteiger partial charge in [0, 0.05) is 25.2 Å². The van der Waals surface area contributed by atoms with Crippen LogP contribution < -0.4 is 0 Å². The number of aliphatic hydroxyl groups is 1. The van der Waals surface area contributed by atoms with Gasteiger partial charge in [0.25, 0.3) is 17.7 Å². The summed E-state index contributed by atoms with van der Waals surface area (Å²) in [6.45, 7) is 0. The third-order valence-corrected chi connectivity index (χ3v) is 3.46. The first-order chi connectivity index (χ1) is 8.43. The maximum atomic E-state index is 11.8. The molecule has 1 aromatic rings. The molecule has 0 aromatic heterocycles. The number of aliphatic hydroxyl groups excluding tert-OH is 1. The van der Waals surface area contributed by atoms with Crippen LogP contribution >= 0.6 is 0 Å². The van der Waals surface area contributed by atoms with Crippen molar-refractivity contribution >= 4 is 17.7 Å². The number of rotatable bonds is 0. The first-order valence-electron chi connectivity index (χ1n) is 5.39. The van der Waals surface area contributed by atoms with E-state index in [0.29, 0.717) is 5.56 Å². The molecule has 0 radical (unpaired) electrons. The van der Waals surface area contributed by atoms with Gasteiger partial charge in [-0.2, -0.15) is 0 Å². The highest BCUT2D eigenvalue weighted by Crippen LogP contribution is 2.35. The maximum absolute atomic E-state index is 11.8. The molecular weight excluding hydrogens is 236 g/mol. The Morgan fingerprint density at radius 3 is 2.11 bits per heavy atom. The van der Waals surface area contributed by atoms with Gasteiger partial charge in [-0.3, -0.25) is 19.3 Å². The zero-order chi connectivity index (χ0) is 13.2. The Bertz CT molecular complexity index is 623. The fourth-order valence-electron chi connectivity index (χ4n) is 2.33. The number of amides is 3. The predicted molar refractivity (Wildman–Crippen MR) is 59.9 cm³/mol. The Hall–Kier alpha value is -2.21. The Kier molecular flexibility index (Phi) is 1.92. The van der Waals surface area contributed by atoms with Crippen LogP contribution in [-0.4, -0.2) is 46.7 Å². The van der Waals surface area contributed by atoms with E-state index in [-0.39, 0.29) is 22.6 Å². The van der Waals surface area contributed by atoms with Gasteiger partial charge in [0.15, 0.2) is 6.23 Å². The maximum Gasteiger partial charge on any atom is 0.261 e. The first-order valence-corrected chi connectivity index (χ1v) is 5.39. The van der Waals surface area contributed by atoms with Crippen molar-refractivity contribution in [3.05, 3.63) is 34.4 Å².